The summed E-state index contributed by atoms with van der Waals surface area (Å²) in [5, 5.41) is 10.00. The lowest BCUT2D eigenvalue weighted by Crippen LogP contribution is -2.11. The van der Waals surface area contributed by atoms with Crippen LogP contribution < -0.4 is 4.74 Å². The highest BCUT2D eigenvalue weighted by atomic mass is 32.2. The van der Waals surface area contributed by atoms with Gasteiger partial charge in [0.1, 0.15) is 10.8 Å². The van der Waals surface area contributed by atoms with E-state index in [9.17, 15) is 18.7 Å². The smallest absolute Gasteiger partial charge is 0.303 e. The van der Waals surface area contributed by atoms with Crippen molar-refractivity contribution >= 4 is 29.1 Å². The van der Waals surface area contributed by atoms with E-state index in [1.807, 2.05) is 13.0 Å². The molecule has 4 nitrogen and oxygen atoms in total. The molecule has 3 aromatic rings. The quantitative estimate of drug-likeness (QED) is 0.223. The molecule has 1 N–H and O–H groups in total. The van der Waals surface area contributed by atoms with E-state index >= 15 is 0 Å². The molecule has 1 aliphatic carbocycles. The summed E-state index contributed by atoms with van der Waals surface area (Å²) in [5.74, 6) is -2.22. The molecule has 0 aliphatic heterocycles. The molecular formula is C27H27F2NO3S2. The van der Waals surface area contributed by atoms with E-state index in [2.05, 4.69) is 17.6 Å². The largest absolute Gasteiger partial charge is 0.496 e. The van der Waals surface area contributed by atoms with E-state index in [0.717, 1.165) is 50.2 Å². The van der Waals surface area contributed by atoms with Crippen LogP contribution in [0.15, 0.2) is 53.9 Å². The van der Waals surface area contributed by atoms with Gasteiger partial charge in [0.15, 0.2) is 0 Å². The van der Waals surface area contributed by atoms with Crippen LogP contribution in [0.2, 0.25) is 0 Å². The molecule has 2 aromatic carbocycles. The molecule has 35 heavy (non-hydrogen) atoms. The van der Waals surface area contributed by atoms with Crippen LogP contribution in [0.4, 0.5) is 8.78 Å². The van der Waals surface area contributed by atoms with Crippen LogP contribution >= 0.6 is 23.1 Å². The van der Waals surface area contributed by atoms with Crippen LogP contribution in [-0.2, 0) is 22.9 Å². The second-order valence-corrected chi connectivity index (χ2v) is 10.7. The van der Waals surface area contributed by atoms with Crippen molar-refractivity contribution in [1.29, 1.82) is 0 Å². The number of nitrogens with zero attached hydrogens (tertiary/aromatic N) is 1. The van der Waals surface area contributed by atoms with E-state index < -0.39 is 18.3 Å². The average Bonchev–Trinajstić information content (AvgIpc) is 3.39. The molecule has 184 valence electrons. The summed E-state index contributed by atoms with van der Waals surface area (Å²) in [6.45, 7) is 5.37. The molecule has 1 atom stereocenters. The van der Waals surface area contributed by atoms with E-state index in [4.69, 9.17) is 4.74 Å². The number of aryl methyl sites for hydroxylation is 2. The summed E-state index contributed by atoms with van der Waals surface area (Å²) >= 11 is 3.22. The fourth-order valence-corrected chi connectivity index (χ4v) is 6.66. The predicted octanol–water partition coefficient (Wildman–Crippen LogP) is 7.59. The summed E-state index contributed by atoms with van der Waals surface area (Å²) in [6, 6.07) is 10.4. The maximum atomic E-state index is 14.1. The maximum Gasteiger partial charge on any atom is 0.303 e. The molecule has 1 aromatic heterocycles. The third-order valence-corrected chi connectivity index (χ3v) is 8.71. The first-order valence-electron chi connectivity index (χ1n) is 11.3. The summed E-state index contributed by atoms with van der Waals surface area (Å²) in [4.78, 5) is 18.0. The number of hydrogen-bond acceptors (Lipinski definition) is 5. The number of carboxylic acids is 1. The number of alkyl halides is 2. The van der Waals surface area contributed by atoms with Gasteiger partial charge in [-0.2, -0.15) is 0 Å². The minimum absolute atomic E-state index is 0.0282. The zero-order valence-electron chi connectivity index (χ0n) is 19.6. The van der Waals surface area contributed by atoms with Gasteiger partial charge in [-0.3, -0.25) is 4.79 Å². The van der Waals surface area contributed by atoms with Crippen LogP contribution in [0, 0.1) is 6.92 Å². The Kier molecular flexibility index (Phi) is 7.62. The van der Waals surface area contributed by atoms with Crippen LogP contribution in [0.1, 0.15) is 52.4 Å². The minimum atomic E-state index is -2.93. The zero-order chi connectivity index (χ0) is 25.2. The van der Waals surface area contributed by atoms with Crippen molar-refractivity contribution in [3.8, 4) is 16.3 Å². The summed E-state index contributed by atoms with van der Waals surface area (Å²) < 4.78 is 33.9. The van der Waals surface area contributed by atoms with Gasteiger partial charge in [0.05, 0.1) is 19.2 Å². The number of thiazole rings is 1. The van der Waals surface area contributed by atoms with Gasteiger partial charge in [0, 0.05) is 33.1 Å². The van der Waals surface area contributed by atoms with Crippen LogP contribution in [-0.4, -0.2) is 23.2 Å². The topological polar surface area (TPSA) is 59.4 Å². The Bertz CT molecular complexity index is 1240. The second-order valence-electron chi connectivity index (χ2n) is 8.63. The molecule has 8 heteroatoms. The molecule has 0 saturated heterocycles. The molecule has 1 heterocycles. The fourth-order valence-electron chi connectivity index (χ4n) is 4.38. The van der Waals surface area contributed by atoms with Crippen LogP contribution in [0.3, 0.4) is 0 Å². The van der Waals surface area contributed by atoms with Gasteiger partial charge >= 0.3 is 5.97 Å². The fraction of sp³-hybridized carbons (Fsp3) is 0.333. The number of benzene rings is 2. The third-order valence-electron chi connectivity index (χ3n) is 6.25. The van der Waals surface area contributed by atoms with Crippen molar-refractivity contribution < 1.29 is 23.4 Å². The first-order valence-corrected chi connectivity index (χ1v) is 13.1. The number of hydrogen-bond donors (Lipinski definition) is 1. The Balaban J connectivity index is 1.50. The maximum absolute atomic E-state index is 14.1. The van der Waals surface area contributed by atoms with Crippen molar-refractivity contribution in [2.24, 2.45) is 0 Å². The van der Waals surface area contributed by atoms with Gasteiger partial charge in [0.25, 0.3) is 5.92 Å². The molecule has 0 saturated carbocycles. The highest BCUT2D eigenvalue weighted by molar-refractivity contribution is 7.98. The van der Waals surface area contributed by atoms with Gasteiger partial charge in [0.2, 0.25) is 0 Å². The first kappa shape index (κ1) is 25.4. The number of methoxy groups -OCH3 is 1. The minimum Gasteiger partial charge on any atom is -0.496 e. The lowest BCUT2D eigenvalue weighted by atomic mass is 9.98. The molecule has 0 bridgehead atoms. The molecule has 1 aliphatic rings. The number of carboxylic acid groups (broad SMARTS) is 1. The van der Waals surface area contributed by atoms with Crippen molar-refractivity contribution in [3.05, 3.63) is 76.3 Å². The molecule has 0 spiro atoms. The van der Waals surface area contributed by atoms with Gasteiger partial charge in [-0.25, -0.2) is 13.8 Å². The Morgan fingerprint density at radius 1 is 1.34 bits per heavy atom. The zero-order valence-corrected chi connectivity index (χ0v) is 21.3. The number of fused-ring (bicyclic) bond motifs is 1. The molecule has 0 fully saturated rings. The standard InChI is InChI=1S/C27H27F2NO3S2/c1-4-11-27(28,29)20-9-7-17(8-10-20)26-30-16(2)24(35-26)15-34-23-12-18-5-6-19(13-25(31)32)21(18)14-22(23)33-3/h4,7-10,12,14,19H,1,5-6,11,13,15H2,2-3H3,(H,31,32). The normalized spacial score (nSPS) is 15.1. The van der Waals surface area contributed by atoms with Crippen molar-refractivity contribution in [2.45, 2.75) is 55.1 Å². The number of allylic oxidation sites excluding steroid dienone is 1. The molecule has 0 amide bonds. The predicted molar refractivity (Wildman–Crippen MR) is 137 cm³/mol. The third kappa shape index (κ3) is 5.59. The van der Waals surface area contributed by atoms with Gasteiger partial charge in [-0.15, -0.1) is 29.7 Å². The van der Waals surface area contributed by atoms with Gasteiger partial charge < -0.3 is 9.84 Å². The number of ether oxygens (including phenoxy) is 1. The number of carbonyl (C=O) groups is 1. The Labute approximate surface area is 212 Å². The lowest BCUT2D eigenvalue weighted by molar-refractivity contribution is -0.137. The number of rotatable bonds is 10. The van der Waals surface area contributed by atoms with Crippen molar-refractivity contribution in [2.75, 3.05) is 7.11 Å². The second kappa shape index (κ2) is 10.5. The molecule has 1 unspecified atom stereocenters. The van der Waals surface area contributed by atoms with Gasteiger partial charge in [-0.05, 0) is 48.9 Å². The average molecular weight is 516 g/mol. The number of aliphatic carboxylic acids is 1. The number of aromatic nitrogens is 1. The summed E-state index contributed by atoms with van der Waals surface area (Å²) in [5.41, 5.74) is 3.97. The molecular weight excluding hydrogens is 488 g/mol. The summed E-state index contributed by atoms with van der Waals surface area (Å²) in [6.07, 6.45) is 2.69. The Hall–Kier alpha value is -2.71. The van der Waals surface area contributed by atoms with Gasteiger partial charge in [-0.1, -0.05) is 30.3 Å². The van der Waals surface area contributed by atoms with E-state index in [1.54, 1.807) is 42.3 Å². The van der Waals surface area contributed by atoms with Crippen LogP contribution in [0.25, 0.3) is 10.6 Å². The van der Waals surface area contributed by atoms with E-state index in [-0.39, 0.29) is 17.9 Å². The highest BCUT2D eigenvalue weighted by Crippen LogP contribution is 2.43. The monoisotopic (exact) mass is 515 g/mol. The SMILES string of the molecule is C=CCC(F)(F)c1ccc(-c2nc(C)c(CSc3cc4c(cc3OC)C(CC(=O)O)CC4)s2)cc1. The highest BCUT2D eigenvalue weighted by Gasteiger charge is 2.30. The number of halogens is 2. The Morgan fingerprint density at radius 3 is 2.74 bits per heavy atom. The molecule has 0 radical (unpaired) electrons. The van der Waals surface area contributed by atoms with Crippen molar-refractivity contribution in [3.63, 3.8) is 0 Å². The summed E-state index contributed by atoms with van der Waals surface area (Å²) in [7, 11) is 1.63. The first-order chi connectivity index (χ1) is 16.7. The number of thioether (sulfide) groups is 1. The van der Waals surface area contributed by atoms with Crippen LogP contribution in [0.5, 0.6) is 5.75 Å². The molecule has 4 rings (SSSR count). The van der Waals surface area contributed by atoms with Crippen molar-refractivity contribution in [1.82, 2.24) is 4.98 Å². The van der Waals surface area contributed by atoms with E-state index in [1.165, 1.54) is 23.8 Å². The lowest BCUT2D eigenvalue weighted by Gasteiger charge is -2.14. The Morgan fingerprint density at radius 2 is 2.09 bits per heavy atom. The van der Waals surface area contributed by atoms with E-state index in [0.29, 0.717) is 5.75 Å².